The van der Waals surface area contributed by atoms with Crippen LogP contribution in [-0.2, 0) is 32.0 Å². The number of aliphatic carboxylic acids is 1. The predicted octanol–water partition coefficient (Wildman–Crippen LogP) is 0.176. The lowest BCUT2D eigenvalue weighted by atomic mass is 10.0. The van der Waals surface area contributed by atoms with Crippen molar-refractivity contribution < 1.29 is 29.4 Å². The van der Waals surface area contributed by atoms with E-state index in [2.05, 4.69) is 25.9 Å². The van der Waals surface area contributed by atoms with Crippen LogP contribution >= 0.6 is 11.8 Å². The number of carbonyl (C=O) groups excluding carboxylic acids is 3. The Morgan fingerprint density at radius 2 is 1.63 bits per heavy atom. The van der Waals surface area contributed by atoms with Crippen molar-refractivity contribution in [3.05, 3.63) is 48.0 Å². The fraction of sp³-hybridized carbons (Fsp3) is 0.480. The van der Waals surface area contributed by atoms with Crippen LogP contribution in [0.25, 0.3) is 0 Å². The van der Waals surface area contributed by atoms with Gasteiger partial charge in [-0.25, -0.2) is 9.78 Å². The number of carboxylic acid groups (broad SMARTS) is 1. The van der Waals surface area contributed by atoms with Crippen molar-refractivity contribution in [3.63, 3.8) is 0 Å². The average Bonchev–Trinajstić information content (AvgIpc) is 3.38. The molecule has 2 aromatic rings. The third-order valence-corrected chi connectivity index (χ3v) is 6.46. The Bertz CT molecular complexity index is 1060. The Labute approximate surface area is 225 Å². The summed E-state index contributed by atoms with van der Waals surface area (Å²) >= 11 is 1.47. The second-order valence-electron chi connectivity index (χ2n) is 9.23. The molecule has 0 spiro atoms. The second-order valence-corrected chi connectivity index (χ2v) is 10.2. The van der Waals surface area contributed by atoms with Gasteiger partial charge in [0.05, 0.1) is 12.4 Å². The van der Waals surface area contributed by atoms with Gasteiger partial charge in [0.2, 0.25) is 17.7 Å². The number of phenols is 1. The summed E-state index contributed by atoms with van der Waals surface area (Å²) < 4.78 is 0. The number of H-pyrrole nitrogens is 1. The van der Waals surface area contributed by atoms with E-state index in [0.29, 0.717) is 17.0 Å². The normalized spacial score (nSPS) is 14.2. The van der Waals surface area contributed by atoms with Gasteiger partial charge in [0, 0.05) is 24.7 Å². The van der Waals surface area contributed by atoms with Gasteiger partial charge < -0.3 is 36.9 Å². The van der Waals surface area contributed by atoms with Gasteiger partial charge in [-0.15, -0.1) is 0 Å². The molecule has 0 bridgehead atoms. The van der Waals surface area contributed by atoms with Crippen molar-refractivity contribution in [3.8, 4) is 5.75 Å². The number of rotatable bonds is 15. The Morgan fingerprint density at radius 3 is 2.18 bits per heavy atom. The number of aromatic amines is 1. The fourth-order valence-electron chi connectivity index (χ4n) is 3.63. The number of thioether (sulfide) groups is 1. The average molecular weight is 549 g/mol. The molecule has 0 fully saturated rings. The lowest BCUT2D eigenvalue weighted by Gasteiger charge is -2.26. The minimum atomic E-state index is -1.17. The number of phenolic OH excluding ortho intramolecular Hbond substituents is 1. The number of nitrogens with two attached hydrogens (primary N) is 1. The molecular formula is C25H36N6O6S. The van der Waals surface area contributed by atoms with Crippen molar-refractivity contribution in [2.75, 3.05) is 12.0 Å². The zero-order valence-electron chi connectivity index (χ0n) is 21.6. The summed E-state index contributed by atoms with van der Waals surface area (Å²) in [5, 5.41) is 26.9. The lowest BCUT2D eigenvalue weighted by Crippen LogP contribution is -2.58. The number of benzene rings is 1. The lowest BCUT2D eigenvalue weighted by molar-refractivity contribution is -0.143. The zero-order chi connectivity index (χ0) is 28.2. The van der Waals surface area contributed by atoms with E-state index in [4.69, 9.17) is 5.73 Å². The van der Waals surface area contributed by atoms with Crippen LogP contribution in [0.15, 0.2) is 36.8 Å². The minimum Gasteiger partial charge on any atom is -0.508 e. The number of amides is 3. The number of carbonyl (C=O) groups is 4. The predicted molar refractivity (Wildman–Crippen MR) is 143 cm³/mol. The quantitative estimate of drug-likeness (QED) is 0.162. The summed E-state index contributed by atoms with van der Waals surface area (Å²) in [6.07, 6.45) is 5.35. The standard InChI is InChI=1S/C25H36N6O6S/c1-14(2)21(25(36)37)31-23(34)19(8-9-38-3)29-24(35)20(10-15-4-6-17(32)7-5-15)30-22(33)18(26)11-16-12-27-13-28-16/h4-7,12-14,18-21,32H,8-11,26H2,1-3H3,(H,27,28)(H,29,35)(H,30,33)(H,31,34)(H,36,37). The molecule has 2 rings (SSSR count). The molecule has 1 aromatic heterocycles. The van der Waals surface area contributed by atoms with E-state index < -0.39 is 47.9 Å². The van der Waals surface area contributed by atoms with E-state index in [1.165, 1.54) is 30.2 Å². The SMILES string of the molecule is CSCCC(NC(=O)C(Cc1ccc(O)cc1)NC(=O)C(N)Cc1cnc[nH]1)C(=O)NC(C(=O)O)C(C)C. The van der Waals surface area contributed by atoms with Gasteiger partial charge >= 0.3 is 5.97 Å². The molecule has 1 heterocycles. The zero-order valence-corrected chi connectivity index (χ0v) is 22.5. The molecule has 0 radical (unpaired) electrons. The largest absolute Gasteiger partial charge is 0.508 e. The molecule has 38 heavy (non-hydrogen) atoms. The van der Waals surface area contributed by atoms with Crippen molar-refractivity contribution >= 4 is 35.5 Å². The molecule has 0 aliphatic rings. The van der Waals surface area contributed by atoms with Gasteiger partial charge in [-0.05, 0) is 42.0 Å². The van der Waals surface area contributed by atoms with E-state index in [1.807, 2.05) is 6.26 Å². The first kappa shape index (κ1) is 30.6. The summed E-state index contributed by atoms with van der Waals surface area (Å²) in [5.41, 5.74) is 7.36. The van der Waals surface area contributed by atoms with Crippen LogP contribution in [-0.4, -0.2) is 80.0 Å². The minimum absolute atomic E-state index is 0.0484. The van der Waals surface area contributed by atoms with Crippen LogP contribution in [0.1, 0.15) is 31.5 Å². The number of nitrogens with one attached hydrogen (secondary N) is 4. The number of aromatic nitrogens is 2. The maximum Gasteiger partial charge on any atom is 0.326 e. The molecule has 4 atom stereocenters. The summed E-state index contributed by atoms with van der Waals surface area (Å²) in [5.74, 6) is -2.79. The molecule has 0 saturated carbocycles. The van der Waals surface area contributed by atoms with Gasteiger partial charge in [-0.2, -0.15) is 11.8 Å². The Balaban J connectivity index is 2.21. The molecule has 8 N–H and O–H groups in total. The number of carboxylic acids is 1. The smallest absolute Gasteiger partial charge is 0.326 e. The Hall–Kier alpha value is -3.58. The highest BCUT2D eigenvalue weighted by Gasteiger charge is 2.31. The summed E-state index contributed by atoms with van der Waals surface area (Å²) in [6, 6.07) is 1.95. The van der Waals surface area contributed by atoms with Crippen LogP contribution in [0, 0.1) is 5.92 Å². The molecule has 0 aliphatic carbocycles. The van der Waals surface area contributed by atoms with Crippen molar-refractivity contribution in [1.82, 2.24) is 25.9 Å². The van der Waals surface area contributed by atoms with Gasteiger partial charge in [0.1, 0.15) is 23.9 Å². The number of hydrogen-bond donors (Lipinski definition) is 7. The van der Waals surface area contributed by atoms with Gasteiger partial charge in [-0.1, -0.05) is 26.0 Å². The molecule has 208 valence electrons. The molecular weight excluding hydrogens is 512 g/mol. The van der Waals surface area contributed by atoms with E-state index in [0.717, 1.165) is 0 Å². The first-order chi connectivity index (χ1) is 18.0. The number of hydrogen-bond acceptors (Lipinski definition) is 8. The maximum atomic E-state index is 13.4. The highest BCUT2D eigenvalue weighted by molar-refractivity contribution is 7.98. The van der Waals surface area contributed by atoms with Gasteiger partial charge in [-0.3, -0.25) is 14.4 Å². The summed E-state index contributed by atoms with van der Waals surface area (Å²) in [7, 11) is 0. The molecule has 1 aromatic carbocycles. The highest BCUT2D eigenvalue weighted by atomic mass is 32.2. The van der Waals surface area contributed by atoms with Crippen LogP contribution in [0.2, 0.25) is 0 Å². The monoisotopic (exact) mass is 548 g/mol. The van der Waals surface area contributed by atoms with Crippen LogP contribution in [0.5, 0.6) is 5.75 Å². The second kappa shape index (κ2) is 15.0. The summed E-state index contributed by atoms with van der Waals surface area (Å²) in [6.45, 7) is 3.34. The first-order valence-electron chi connectivity index (χ1n) is 12.1. The number of nitrogens with zero attached hydrogens (tertiary/aromatic N) is 1. The number of imidazole rings is 1. The van der Waals surface area contributed by atoms with Crippen LogP contribution < -0.4 is 21.7 Å². The molecule has 4 unspecified atom stereocenters. The van der Waals surface area contributed by atoms with Crippen molar-refractivity contribution in [2.45, 2.75) is 57.3 Å². The van der Waals surface area contributed by atoms with E-state index >= 15 is 0 Å². The Kier molecular flexibility index (Phi) is 12.1. The van der Waals surface area contributed by atoms with Crippen molar-refractivity contribution in [1.29, 1.82) is 0 Å². The fourth-order valence-corrected chi connectivity index (χ4v) is 4.10. The molecule has 13 heteroatoms. The van der Waals surface area contributed by atoms with Crippen molar-refractivity contribution in [2.24, 2.45) is 11.7 Å². The highest BCUT2D eigenvalue weighted by Crippen LogP contribution is 2.13. The topological polar surface area (TPSA) is 200 Å². The summed E-state index contributed by atoms with van der Waals surface area (Å²) in [4.78, 5) is 57.6. The molecule has 12 nitrogen and oxygen atoms in total. The molecule has 0 aliphatic heterocycles. The third kappa shape index (κ3) is 9.71. The van der Waals surface area contributed by atoms with E-state index in [9.17, 15) is 29.4 Å². The third-order valence-electron chi connectivity index (χ3n) is 5.81. The maximum absolute atomic E-state index is 13.4. The molecule has 0 saturated heterocycles. The van der Waals surface area contributed by atoms with Crippen LogP contribution in [0.4, 0.5) is 0 Å². The van der Waals surface area contributed by atoms with E-state index in [1.54, 1.807) is 32.2 Å². The Morgan fingerprint density at radius 1 is 1.00 bits per heavy atom. The van der Waals surface area contributed by atoms with E-state index in [-0.39, 0.29) is 30.9 Å². The van der Waals surface area contributed by atoms with Gasteiger partial charge in [0.15, 0.2) is 0 Å². The molecule has 3 amide bonds. The first-order valence-corrected chi connectivity index (χ1v) is 13.5. The van der Waals surface area contributed by atoms with Gasteiger partial charge in [0.25, 0.3) is 0 Å². The van der Waals surface area contributed by atoms with Crippen LogP contribution in [0.3, 0.4) is 0 Å². The number of aromatic hydroxyl groups is 1.